The third-order valence-electron chi connectivity index (χ3n) is 8.17. The van der Waals surface area contributed by atoms with E-state index in [0.717, 1.165) is 23.2 Å². The maximum absolute atomic E-state index is 12.3. The first-order valence-corrected chi connectivity index (χ1v) is 15.2. The average molecular weight is 581 g/mol. The van der Waals surface area contributed by atoms with Crippen LogP contribution in [0, 0.1) is 17.8 Å². The molecular formula is C35H40N4O4. The van der Waals surface area contributed by atoms with E-state index in [0.29, 0.717) is 68.2 Å². The predicted molar refractivity (Wildman–Crippen MR) is 166 cm³/mol. The van der Waals surface area contributed by atoms with Crippen LogP contribution in [0.25, 0.3) is 11.1 Å². The van der Waals surface area contributed by atoms with Crippen molar-refractivity contribution in [1.82, 2.24) is 20.9 Å². The third-order valence-corrected chi connectivity index (χ3v) is 8.17. The van der Waals surface area contributed by atoms with E-state index in [4.69, 9.17) is 4.74 Å². The summed E-state index contributed by atoms with van der Waals surface area (Å²) in [5.41, 5.74) is 3.71. The molecule has 8 nitrogen and oxygen atoms in total. The normalized spacial score (nSPS) is 18.3. The van der Waals surface area contributed by atoms with E-state index >= 15 is 0 Å². The Labute approximate surface area is 253 Å². The van der Waals surface area contributed by atoms with Crippen LogP contribution in [-0.2, 0) is 27.3 Å². The molecule has 1 saturated carbocycles. The molecule has 1 fully saturated rings. The molecule has 1 aromatic heterocycles. The van der Waals surface area contributed by atoms with Crippen LogP contribution in [0.4, 0.5) is 0 Å². The summed E-state index contributed by atoms with van der Waals surface area (Å²) in [6, 6.07) is 21.3. The summed E-state index contributed by atoms with van der Waals surface area (Å²) in [7, 11) is 0. The lowest BCUT2D eigenvalue weighted by Gasteiger charge is -2.18. The number of aromatic nitrogens is 1. The topological polar surface area (TPSA) is 109 Å². The number of pyridine rings is 1. The van der Waals surface area contributed by atoms with E-state index < -0.39 is 0 Å². The molecule has 2 aromatic carbocycles. The first kappa shape index (κ1) is 30.0. The molecule has 3 atom stereocenters. The highest BCUT2D eigenvalue weighted by molar-refractivity contribution is 5.79. The zero-order chi connectivity index (χ0) is 29.9. The highest BCUT2D eigenvalue weighted by Crippen LogP contribution is 2.42. The zero-order valence-electron chi connectivity index (χ0n) is 24.5. The van der Waals surface area contributed by atoms with Crippen molar-refractivity contribution in [3.63, 3.8) is 0 Å². The second-order valence-corrected chi connectivity index (χ2v) is 11.4. The van der Waals surface area contributed by atoms with Gasteiger partial charge in [0.15, 0.2) is 0 Å². The summed E-state index contributed by atoms with van der Waals surface area (Å²) in [6.07, 6.45) is 10.2. The summed E-state index contributed by atoms with van der Waals surface area (Å²) in [4.78, 5) is 41.0. The Morgan fingerprint density at radius 2 is 1.56 bits per heavy atom. The molecule has 0 saturated heterocycles. The molecule has 5 rings (SSSR count). The number of allylic oxidation sites excluding steroid dienone is 2. The van der Waals surface area contributed by atoms with E-state index in [1.54, 1.807) is 6.20 Å². The lowest BCUT2D eigenvalue weighted by molar-refractivity contribution is -0.123. The minimum absolute atomic E-state index is 0.0278. The molecule has 0 aliphatic heterocycles. The van der Waals surface area contributed by atoms with Crippen molar-refractivity contribution in [2.75, 3.05) is 19.7 Å². The van der Waals surface area contributed by atoms with E-state index in [1.165, 1.54) is 12.8 Å². The van der Waals surface area contributed by atoms with Crippen LogP contribution in [-0.4, -0.2) is 42.4 Å². The highest BCUT2D eigenvalue weighted by atomic mass is 16.5. The van der Waals surface area contributed by atoms with Gasteiger partial charge in [-0.05, 0) is 66.3 Å². The number of hydrogen-bond acceptors (Lipinski definition) is 5. The number of carbonyl (C=O) groups excluding carboxylic acids is 3. The van der Waals surface area contributed by atoms with Crippen LogP contribution in [0.3, 0.4) is 0 Å². The third kappa shape index (κ3) is 9.26. The fourth-order valence-corrected chi connectivity index (χ4v) is 5.79. The summed E-state index contributed by atoms with van der Waals surface area (Å²) in [5.74, 6) is 2.50. The van der Waals surface area contributed by atoms with E-state index in [9.17, 15) is 14.4 Å². The maximum Gasteiger partial charge on any atom is 0.226 e. The van der Waals surface area contributed by atoms with Crippen molar-refractivity contribution in [1.29, 1.82) is 0 Å². The van der Waals surface area contributed by atoms with Crippen molar-refractivity contribution in [2.24, 2.45) is 17.8 Å². The number of ether oxygens (including phenoxy) is 1. The summed E-state index contributed by atoms with van der Waals surface area (Å²) < 4.78 is 5.77. The van der Waals surface area contributed by atoms with E-state index in [1.807, 2.05) is 66.7 Å². The van der Waals surface area contributed by atoms with Crippen molar-refractivity contribution in [2.45, 2.75) is 45.1 Å². The van der Waals surface area contributed by atoms with Crippen LogP contribution in [0.15, 0.2) is 85.1 Å². The summed E-state index contributed by atoms with van der Waals surface area (Å²) >= 11 is 0. The number of benzene rings is 2. The Morgan fingerprint density at radius 3 is 2.26 bits per heavy atom. The van der Waals surface area contributed by atoms with Crippen molar-refractivity contribution in [3.05, 3.63) is 96.3 Å². The molecule has 3 unspecified atom stereocenters. The minimum Gasteiger partial charge on any atom is -0.492 e. The van der Waals surface area contributed by atoms with Crippen molar-refractivity contribution >= 4 is 17.7 Å². The predicted octanol–water partition coefficient (Wildman–Crippen LogP) is 4.60. The number of hydrogen-bond donors (Lipinski definition) is 3. The van der Waals surface area contributed by atoms with Gasteiger partial charge in [-0.2, -0.15) is 0 Å². The molecule has 224 valence electrons. The molecule has 43 heavy (non-hydrogen) atoms. The number of fused-ring (bicyclic) bond motifs is 2. The second kappa shape index (κ2) is 15.1. The lowest BCUT2D eigenvalue weighted by Crippen LogP contribution is -2.31. The van der Waals surface area contributed by atoms with Crippen molar-refractivity contribution < 1.29 is 19.1 Å². The number of nitrogens with zero attached hydrogens (tertiary/aromatic N) is 1. The van der Waals surface area contributed by atoms with Gasteiger partial charge < -0.3 is 20.7 Å². The van der Waals surface area contributed by atoms with Gasteiger partial charge in [0.1, 0.15) is 12.4 Å². The van der Waals surface area contributed by atoms with Gasteiger partial charge >= 0.3 is 0 Å². The molecule has 3 N–H and O–H groups in total. The fraction of sp³-hybridized carbons (Fsp3) is 0.371. The lowest BCUT2D eigenvalue weighted by atomic mass is 9.93. The highest BCUT2D eigenvalue weighted by Gasteiger charge is 2.35. The van der Waals surface area contributed by atoms with Crippen molar-refractivity contribution in [3.8, 4) is 16.9 Å². The molecule has 1 heterocycles. The van der Waals surface area contributed by atoms with Crippen LogP contribution >= 0.6 is 0 Å². The molecular weight excluding hydrogens is 540 g/mol. The molecule has 2 bridgehead atoms. The smallest absolute Gasteiger partial charge is 0.226 e. The molecule has 3 aromatic rings. The minimum atomic E-state index is -0.0744. The van der Waals surface area contributed by atoms with Crippen LogP contribution in [0.5, 0.6) is 5.75 Å². The molecule has 0 spiro atoms. The first-order valence-electron chi connectivity index (χ1n) is 15.2. The number of carbonyl (C=O) groups is 3. The monoisotopic (exact) mass is 580 g/mol. The molecule has 3 amide bonds. The molecule has 2 aliphatic rings. The Balaban J connectivity index is 0.930. The fourth-order valence-electron chi connectivity index (χ4n) is 5.79. The number of rotatable bonds is 15. The SMILES string of the molecule is O=C(CCCC(=O)NCC1CC2C=CC1C2)NCCOc1ccc(-c2ccc(CC(=O)NCc3ccccc3)nc2)cc1. The van der Waals surface area contributed by atoms with E-state index in [2.05, 4.69) is 33.1 Å². The van der Waals surface area contributed by atoms with Gasteiger partial charge in [0.2, 0.25) is 17.7 Å². The molecule has 8 heteroatoms. The van der Waals surface area contributed by atoms with Crippen LogP contribution in [0.2, 0.25) is 0 Å². The first-order chi connectivity index (χ1) is 21.0. The van der Waals surface area contributed by atoms with Gasteiger partial charge in [-0.3, -0.25) is 19.4 Å². The van der Waals surface area contributed by atoms with Gasteiger partial charge in [0.25, 0.3) is 0 Å². The Bertz CT molecular complexity index is 1390. The van der Waals surface area contributed by atoms with Gasteiger partial charge in [-0.1, -0.05) is 60.7 Å². The van der Waals surface area contributed by atoms with Gasteiger partial charge in [-0.15, -0.1) is 0 Å². The van der Waals surface area contributed by atoms with Gasteiger partial charge in [0.05, 0.1) is 13.0 Å². The standard InChI is InChI=1S/C35H40N4O4/c40-33(7-4-8-34(41)39-24-30-20-26-9-10-28(30)19-26)36-17-18-43-32-15-12-27(13-16-32)29-11-14-31(37-23-29)21-35(42)38-22-25-5-2-1-3-6-25/h1-3,5-6,9-16,23,26,28,30H,4,7-8,17-22,24H2,(H,36,40)(H,38,42)(H,39,41). The summed E-state index contributed by atoms with van der Waals surface area (Å²) in [6.45, 7) is 1.99. The summed E-state index contributed by atoms with van der Waals surface area (Å²) in [5, 5.41) is 8.82. The van der Waals surface area contributed by atoms with E-state index in [-0.39, 0.29) is 24.1 Å². The molecule has 2 aliphatic carbocycles. The average Bonchev–Trinajstić information content (AvgIpc) is 3.66. The number of amides is 3. The Morgan fingerprint density at radius 1 is 0.791 bits per heavy atom. The quantitative estimate of drug-likeness (QED) is 0.180. The van der Waals surface area contributed by atoms with Gasteiger partial charge in [0, 0.05) is 43.4 Å². The zero-order valence-corrected chi connectivity index (χ0v) is 24.5. The second-order valence-electron chi connectivity index (χ2n) is 11.4. The number of nitrogens with one attached hydrogen (secondary N) is 3. The Hall–Kier alpha value is -4.46. The largest absolute Gasteiger partial charge is 0.492 e. The van der Waals surface area contributed by atoms with Gasteiger partial charge in [-0.25, -0.2) is 0 Å². The van der Waals surface area contributed by atoms with Crippen LogP contribution < -0.4 is 20.7 Å². The Kier molecular flexibility index (Phi) is 10.6. The maximum atomic E-state index is 12.3. The van der Waals surface area contributed by atoms with Crippen LogP contribution in [0.1, 0.15) is 43.4 Å². The molecule has 0 radical (unpaired) electrons.